The maximum Gasteiger partial charge on any atom is 0.128 e. The molecule has 0 aliphatic heterocycles. The molecule has 2 aromatic heterocycles. The molecular weight excluding hydrogens is 403 g/mol. The third kappa shape index (κ3) is 3.15. The molecule has 2 nitrogen and oxygen atoms in total. The van der Waals surface area contributed by atoms with E-state index in [2.05, 4.69) is 9.97 Å². The number of rotatable bonds is 3. The van der Waals surface area contributed by atoms with E-state index in [0.29, 0.717) is 20.8 Å². The largest absolute Gasteiger partial charge is 0.229 e. The highest BCUT2D eigenvalue weighted by Crippen LogP contribution is 2.41. The molecule has 0 unspecified atom stereocenters. The Bertz CT molecular complexity index is 901. The summed E-state index contributed by atoms with van der Waals surface area (Å²) in [5, 5.41) is 3.98. The molecule has 1 aliphatic carbocycles. The van der Waals surface area contributed by atoms with Crippen LogP contribution < -0.4 is 0 Å². The lowest BCUT2D eigenvalue weighted by molar-refractivity contribution is 0.699. The van der Waals surface area contributed by atoms with Crippen molar-refractivity contribution < 1.29 is 0 Å². The van der Waals surface area contributed by atoms with Crippen molar-refractivity contribution in [3.63, 3.8) is 0 Å². The van der Waals surface area contributed by atoms with Crippen molar-refractivity contribution in [2.24, 2.45) is 0 Å². The van der Waals surface area contributed by atoms with E-state index in [0.717, 1.165) is 28.3 Å². The van der Waals surface area contributed by atoms with Crippen LogP contribution in [0.4, 0.5) is 0 Å². The van der Waals surface area contributed by atoms with Gasteiger partial charge >= 0.3 is 0 Å². The van der Waals surface area contributed by atoms with Crippen LogP contribution in [-0.2, 0) is 18.6 Å². The van der Waals surface area contributed by atoms with Crippen molar-refractivity contribution in [1.82, 2.24) is 9.97 Å². The van der Waals surface area contributed by atoms with Crippen molar-refractivity contribution in [3.8, 4) is 0 Å². The van der Waals surface area contributed by atoms with E-state index >= 15 is 0 Å². The quantitative estimate of drug-likeness (QED) is 0.346. The molecule has 0 radical (unpaired) electrons. The fraction of sp³-hybridized carbons (Fsp3) is 0.294. The van der Waals surface area contributed by atoms with E-state index in [1.54, 1.807) is 30.2 Å². The lowest BCUT2D eigenvalue weighted by Gasteiger charge is -2.12. The Morgan fingerprint density at radius 2 is 1.79 bits per heavy atom. The third-order valence-corrected chi connectivity index (χ3v) is 7.28. The van der Waals surface area contributed by atoms with Crippen molar-refractivity contribution in [3.05, 3.63) is 49.5 Å². The minimum Gasteiger partial charge on any atom is -0.229 e. The summed E-state index contributed by atoms with van der Waals surface area (Å²) in [6.07, 6.45) is 6.45. The van der Waals surface area contributed by atoms with Gasteiger partial charge in [0.15, 0.2) is 0 Å². The van der Waals surface area contributed by atoms with Gasteiger partial charge in [-0.15, -0.1) is 23.1 Å². The summed E-state index contributed by atoms with van der Waals surface area (Å²) < 4.78 is 0. The zero-order chi connectivity index (χ0) is 16.7. The Kier molecular flexibility index (Phi) is 4.94. The van der Waals surface area contributed by atoms with Gasteiger partial charge in [-0.1, -0.05) is 34.8 Å². The van der Waals surface area contributed by atoms with Crippen LogP contribution in [-0.4, -0.2) is 9.97 Å². The summed E-state index contributed by atoms with van der Waals surface area (Å²) in [5.41, 5.74) is 2.33. The smallest absolute Gasteiger partial charge is 0.128 e. The highest BCUT2D eigenvalue weighted by atomic mass is 35.5. The van der Waals surface area contributed by atoms with E-state index in [1.165, 1.54) is 28.7 Å². The molecule has 1 aromatic carbocycles. The normalized spacial score (nSPS) is 14.1. The molecule has 0 saturated heterocycles. The SMILES string of the molecule is Clc1cc(Cl)c(CSc2ncnc3sc4c(c23)CCCC4)c(Cl)c1. The number of benzene rings is 1. The molecule has 0 bridgehead atoms. The van der Waals surface area contributed by atoms with Crippen molar-refractivity contribution in [2.75, 3.05) is 0 Å². The molecule has 0 N–H and O–H groups in total. The first-order valence-corrected chi connectivity index (χ1v) is 10.6. The first-order chi connectivity index (χ1) is 11.6. The highest BCUT2D eigenvalue weighted by molar-refractivity contribution is 7.98. The summed E-state index contributed by atoms with van der Waals surface area (Å²) in [4.78, 5) is 11.6. The second kappa shape index (κ2) is 7.00. The molecule has 0 amide bonds. The molecule has 0 fully saturated rings. The van der Waals surface area contributed by atoms with Gasteiger partial charge in [-0.25, -0.2) is 9.97 Å². The van der Waals surface area contributed by atoms with Crippen molar-refractivity contribution in [1.29, 1.82) is 0 Å². The molecule has 0 spiro atoms. The summed E-state index contributed by atoms with van der Waals surface area (Å²) in [6.45, 7) is 0. The molecule has 3 aromatic rings. The van der Waals surface area contributed by atoms with Crippen LogP contribution in [0.1, 0.15) is 28.8 Å². The number of hydrogen-bond acceptors (Lipinski definition) is 4. The number of fused-ring (bicyclic) bond motifs is 3. The first-order valence-electron chi connectivity index (χ1n) is 7.65. The molecule has 0 atom stereocenters. The molecule has 124 valence electrons. The number of thioether (sulfide) groups is 1. The second-order valence-electron chi connectivity index (χ2n) is 5.71. The van der Waals surface area contributed by atoms with Gasteiger partial charge in [0.05, 0.1) is 0 Å². The summed E-state index contributed by atoms with van der Waals surface area (Å²) in [5.74, 6) is 0.658. The molecule has 7 heteroatoms. The average Bonchev–Trinajstić information content (AvgIpc) is 2.93. The van der Waals surface area contributed by atoms with Crippen molar-refractivity contribution in [2.45, 2.75) is 36.5 Å². The van der Waals surface area contributed by atoms with Gasteiger partial charge in [-0.3, -0.25) is 0 Å². The second-order valence-corrected chi connectivity index (χ2v) is 9.01. The Morgan fingerprint density at radius 1 is 1.04 bits per heavy atom. The molecule has 1 aliphatic rings. The van der Waals surface area contributed by atoms with Crippen LogP contribution in [0.5, 0.6) is 0 Å². The van der Waals surface area contributed by atoms with E-state index < -0.39 is 0 Å². The maximum absolute atomic E-state index is 6.30. The number of aryl methyl sites for hydroxylation is 2. The van der Waals surface area contributed by atoms with Gasteiger partial charge in [0.2, 0.25) is 0 Å². The Labute approximate surface area is 163 Å². The standard InChI is InChI=1S/C17H13Cl3N2S2/c18-9-5-12(19)11(13(20)6-9)7-23-16-15-10-3-1-2-4-14(10)24-17(15)22-8-21-16/h5-6,8H,1-4,7H2. The van der Waals surface area contributed by atoms with E-state index in [9.17, 15) is 0 Å². The minimum atomic E-state index is 0.551. The van der Waals surface area contributed by atoms with E-state index in [4.69, 9.17) is 34.8 Å². The number of aromatic nitrogens is 2. The lowest BCUT2D eigenvalue weighted by atomic mass is 9.97. The Hall–Kier alpha value is -0.520. The topological polar surface area (TPSA) is 25.8 Å². The summed E-state index contributed by atoms with van der Waals surface area (Å²) >= 11 is 22.1. The molecule has 0 saturated carbocycles. The van der Waals surface area contributed by atoms with Crippen LogP contribution in [0.3, 0.4) is 0 Å². The van der Waals surface area contributed by atoms with E-state index in [1.807, 2.05) is 11.3 Å². The average molecular weight is 416 g/mol. The monoisotopic (exact) mass is 414 g/mol. The van der Waals surface area contributed by atoms with Gasteiger partial charge in [0.1, 0.15) is 16.2 Å². The number of nitrogens with zero attached hydrogens (tertiary/aromatic N) is 2. The zero-order valence-corrected chi connectivity index (χ0v) is 16.5. The van der Waals surface area contributed by atoms with Crippen molar-refractivity contribution >= 4 is 68.1 Å². The fourth-order valence-corrected chi connectivity index (χ4v) is 6.50. The predicted octanol–water partition coefficient (Wildman–Crippen LogP) is 6.82. The number of halogens is 3. The third-order valence-electron chi connectivity index (χ3n) is 4.18. The van der Waals surface area contributed by atoms with Crippen LogP contribution in [0, 0.1) is 0 Å². The van der Waals surface area contributed by atoms with Crippen LogP contribution in [0.15, 0.2) is 23.5 Å². The van der Waals surface area contributed by atoms with Gasteiger partial charge in [0.25, 0.3) is 0 Å². The fourth-order valence-electron chi connectivity index (χ4n) is 3.02. The molecule has 4 rings (SSSR count). The molecule has 2 heterocycles. The van der Waals surface area contributed by atoms with E-state index in [-0.39, 0.29) is 0 Å². The Balaban J connectivity index is 1.69. The van der Waals surface area contributed by atoms with Crippen LogP contribution in [0.25, 0.3) is 10.2 Å². The van der Waals surface area contributed by atoms with Gasteiger partial charge in [-0.05, 0) is 48.9 Å². The number of hydrogen-bond donors (Lipinski definition) is 0. The highest BCUT2D eigenvalue weighted by Gasteiger charge is 2.20. The van der Waals surface area contributed by atoms with Crippen LogP contribution in [0.2, 0.25) is 15.1 Å². The first kappa shape index (κ1) is 16.9. The van der Waals surface area contributed by atoms with Gasteiger partial charge in [0, 0.05) is 31.1 Å². The minimum absolute atomic E-state index is 0.551. The molecular formula is C17H13Cl3N2S2. The summed E-state index contributed by atoms with van der Waals surface area (Å²) in [6, 6.07) is 3.46. The number of thiophene rings is 1. The van der Waals surface area contributed by atoms with Gasteiger partial charge in [-0.2, -0.15) is 0 Å². The Morgan fingerprint density at radius 3 is 2.58 bits per heavy atom. The van der Waals surface area contributed by atoms with Gasteiger partial charge < -0.3 is 0 Å². The van der Waals surface area contributed by atoms with Crippen LogP contribution >= 0.6 is 57.9 Å². The predicted molar refractivity (Wildman–Crippen MR) is 105 cm³/mol. The maximum atomic E-state index is 6.30. The lowest BCUT2D eigenvalue weighted by Crippen LogP contribution is -1.99. The molecule has 24 heavy (non-hydrogen) atoms. The zero-order valence-electron chi connectivity index (χ0n) is 12.6. The summed E-state index contributed by atoms with van der Waals surface area (Å²) in [7, 11) is 0.